The van der Waals surface area contributed by atoms with Crippen LogP contribution in [-0.2, 0) is 0 Å². The molecule has 0 aromatic heterocycles. The molecular weight excluding hydrogens is 460 g/mol. The number of unbranched alkanes of at least 4 members (excludes halogenated alkanes) is 13. The third-order valence-electron chi connectivity index (χ3n) is 10.0. The Bertz CT molecular complexity index is 486. The molecule has 1 aliphatic carbocycles. The van der Waals surface area contributed by atoms with Crippen molar-refractivity contribution in [2.45, 2.75) is 207 Å². The fourth-order valence-corrected chi connectivity index (χ4v) is 7.86. The minimum absolute atomic E-state index is 0.339. The summed E-state index contributed by atoms with van der Waals surface area (Å²) >= 11 is 0. The van der Waals surface area contributed by atoms with Gasteiger partial charge in [-0.15, -0.1) is 0 Å². The average Bonchev–Trinajstić information content (AvgIpc) is 2.93. The van der Waals surface area contributed by atoms with Crippen LogP contribution in [0.1, 0.15) is 195 Å². The molecule has 0 spiro atoms. The quantitative estimate of drug-likeness (QED) is 0.108. The maximum Gasteiger partial charge on any atom is 0.00731 e. The smallest absolute Gasteiger partial charge is 0.00731 e. The second-order valence-corrected chi connectivity index (χ2v) is 13.4. The largest absolute Gasteiger partial charge is 0.327 e. The maximum absolute atomic E-state index is 7.32. The van der Waals surface area contributed by atoms with Crippen molar-refractivity contribution in [3.63, 3.8) is 0 Å². The monoisotopic (exact) mass is 535 g/mol. The van der Waals surface area contributed by atoms with Gasteiger partial charge in [0, 0.05) is 12.1 Å². The van der Waals surface area contributed by atoms with Gasteiger partial charge in [-0.2, -0.15) is 0 Å². The lowest BCUT2D eigenvalue weighted by Crippen LogP contribution is -2.50. The van der Waals surface area contributed by atoms with Crippen LogP contribution in [0.25, 0.3) is 0 Å². The van der Waals surface area contributed by atoms with Gasteiger partial charge in [-0.1, -0.05) is 182 Å². The van der Waals surface area contributed by atoms with E-state index in [-0.39, 0.29) is 0 Å². The predicted molar refractivity (Wildman–Crippen MR) is 173 cm³/mol. The SMILES string of the molecule is CCCCCCCCC(CCC)C(C(N)CCCCCCC)C(C(N)CCCCCCC)C1CCCCC1. The molecule has 1 saturated carbocycles. The molecule has 5 atom stereocenters. The molecular formula is C36H74N2. The first-order valence-electron chi connectivity index (χ1n) is 18.1. The molecule has 228 valence electrons. The van der Waals surface area contributed by atoms with E-state index in [1.807, 2.05) is 0 Å². The first-order valence-corrected chi connectivity index (χ1v) is 18.1. The van der Waals surface area contributed by atoms with E-state index in [0.717, 1.165) is 11.8 Å². The Morgan fingerprint density at radius 1 is 0.474 bits per heavy atom. The van der Waals surface area contributed by atoms with E-state index in [4.69, 9.17) is 11.5 Å². The van der Waals surface area contributed by atoms with Crippen LogP contribution in [0.3, 0.4) is 0 Å². The van der Waals surface area contributed by atoms with Crippen molar-refractivity contribution in [2.24, 2.45) is 35.1 Å². The van der Waals surface area contributed by atoms with Gasteiger partial charge in [-0.25, -0.2) is 0 Å². The molecule has 0 bridgehead atoms. The van der Waals surface area contributed by atoms with Crippen molar-refractivity contribution in [3.8, 4) is 0 Å². The summed E-state index contributed by atoms with van der Waals surface area (Å²) in [5, 5.41) is 0. The van der Waals surface area contributed by atoms with Crippen molar-refractivity contribution in [2.75, 3.05) is 0 Å². The molecule has 2 heteroatoms. The van der Waals surface area contributed by atoms with Crippen molar-refractivity contribution in [1.29, 1.82) is 0 Å². The van der Waals surface area contributed by atoms with Gasteiger partial charge >= 0.3 is 0 Å². The van der Waals surface area contributed by atoms with Crippen LogP contribution in [0.5, 0.6) is 0 Å². The molecule has 1 rings (SSSR count). The van der Waals surface area contributed by atoms with Crippen LogP contribution in [0.4, 0.5) is 0 Å². The first kappa shape index (κ1) is 35.9. The van der Waals surface area contributed by atoms with Crippen molar-refractivity contribution < 1.29 is 0 Å². The second-order valence-electron chi connectivity index (χ2n) is 13.4. The Labute approximate surface area is 241 Å². The summed E-state index contributed by atoms with van der Waals surface area (Å²) in [4.78, 5) is 0. The highest BCUT2D eigenvalue weighted by Gasteiger charge is 2.40. The third kappa shape index (κ3) is 15.6. The zero-order valence-corrected chi connectivity index (χ0v) is 27.0. The Kier molecular flexibility index (Phi) is 23.4. The zero-order valence-electron chi connectivity index (χ0n) is 27.0. The molecule has 38 heavy (non-hydrogen) atoms. The molecule has 1 fully saturated rings. The van der Waals surface area contributed by atoms with E-state index in [1.165, 1.54) is 167 Å². The highest BCUT2D eigenvalue weighted by atomic mass is 14.7. The van der Waals surface area contributed by atoms with Crippen molar-refractivity contribution in [3.05, 3.63) is 0 Å². The van der Waals surface area contributed by atoms with Crippen LogP contribution in [0, 0.1) is 23.7 Å². The van der Waals surface area contributed by atoms with Gasteiger partial charge in [0.25, 0.3) is 0 Å². The third-order valence-corrected chi connectivity index (χ3v) is 10.0. The molecule has 1 aliphatic rings. The van der Waals surface area contributed by atoms with Crippen LogP contribution in [-0.4, -0.2) is 12.1 Å². The van der Waals surface area contributed by atoms with Gasteiger partial charge in [-0.3, -0.25) is 0 Å². The molecule has 0 radical (unpaired) electrons. The van der Waals surface area contributed by atoms with Crippen LogP contribution in [0.2, 0.25) is 0 Å². The Balaban J connectivity index is 3.05. The lowest BCUT2D eigenvalue weighted by molar-refractivity contribution is 0.0688. The van der Waals surface area contributed by atoms with Crippen molar-refractivity contribution in [1.82, 2.24) is 0 Å². The zero-order chi connectivity index (χ0) is 27.8. The van der Waals surface area contributed by atoms with E-state index in [9.17, 15) is 0 Å². The van der Waals surface area contributed by atoms with E-state index >= 15 is 0 Å². The van der Waals surface area contributed by atoms with Gasteiger partial charge in [0.05, 0.1) is 0 Å². The minimum atomic E-state index is 0.339. The highest BCUT2D eigenvalue weighted by molar-refractivity contribution is 4.94. The molecule has 4 N–H and O–H groups in total. The molecule has 0 aromatic rings. The lowest BCUT2D eigenvalue weighted by Gasteiger charge is -2.46. The van der Waals surface area contributed by atoms with Crippen LogP contribution >= 0.6 is 0 Å². The summed E-state index contributed by atoms with van der Waals surface area (Å²) < 4.78 is 0. The fourth-order valence-electron chi connectivity index (χ4n) is 7.86. The molecule has 0 saturated heterocycles. The standard InChI is InChI=1S/C36H74N2/c1-5-9-12-15-18-20-26-31(25-8-4)35(33(37)29-23-16-13-10-6-2)36(32-27-21-19-22-28-32)34(38)30-24-17-14-11-7-3/h31-36H,5-30,37-38H2,1-4H3. The number of nitrogens with two attached hydrogens (primary N) is 2. The average molecular weight is 535 g/mol. The minimum Gasteiger partial charge on any atom is -0.327 e. The normalized spacial score (nSPS) is 18.8. The van der Waals surface area contributed by atoms with E-state index in [2.05, 4.69) is 27.7 Å². The molecule has 0 aromatic carbocycles. The molecule has 0 aliphatic heterocycles. The number of hydrogen-bond donors (Lipinski definition) is 2. The second kappa shape index (κ2) is 24.7. The molecule has 0 heterocycles. The first-order chi connectivity index (χ1) is 18.6. The van der Waals surface area contributed by atoms with Crippen molar-refractivity contribution >= 4 is 0 Å². The summed E-state index contributed by atoms with van der Waals surface area (Å²) in [6.07, 6.45) is 35.5. The highest BCUT2D eigenvalue weighted by Crippen LogP contribution is 2.44. The lowest BCUT2D eigenvalue weighted by atomic mass is 9.62. The topological polar surface area (TPSA) is 52.0 Å². The summed E-state index contributed by atoms with van der Waals surface area (Å²) in [5.41, 5.74) is 14.6. The van der Waals surface area contributed by atoms with Gasteiger partial charge in [0.15, 0.2) is 0 Å². The van der Waals surface area contributed by atoms with Gasteiger partial charge in [0.2, 0.25) is 0 Å². The molecule has 0 amide bonds. The molecule has 2 nitrogen and oxygen atoms in total. The summed E-state index contributed by atoms with van der Waals surface area (Å²) in [6.45, 7) is 9.36. The number of rotatable bonds is 26. The van der Waals surface area contributed by atoms with E-state index in [1.54, 1.807) is 0 Å². The van der Waals surface area contributed by atoms with Gasteiger partial charge < -0.3 is 11.5 Å². The van der Waals surface area contributed by atoms with E-state index < -0.39 is 0 Å². The molecule has 5 unspecified atom stereocenters. The van der Waals surface area contributed by atoms with Crippen LogP contribution < -0.4 is 11.5 Å². The van der Waals surface area contributed by atoms with Crippen LogP contribution in [0.15, 0.2) is 0 Å². The fraction of sp³-hybridized carbons (Fsp3) is 1.00. The Hall–Kier alpha value is -0.0800. The van der Waals surface area contributed by atoms with Gasteiger partial charge in [0.1, 0.15) is 0 Å². The Morgan fingerprint density at radius 2 is 0.921 bits per heavy atom. The van der Waals surface area contributed by atoms with Gasteiger partial charge in [-0.05, 0) is 36.5 Å². The summed E-state index contributed by atoms with van der Waals surface area (Å²) in [7, 11) is 0. The van der Waals surface area contributed by atoms with E-state index in [0.29, 0.717) is 23.9 Å². The summed E-state index contributed by atoms with van der Waals surface area (Å²) in [6, 6.07) is 0.686. The number of hydrogen-bond acceptors (Lipinski definition) is 2. The Morgan fingerprint density at radius 3 is 1.42 bits per heavy atom. The summed E-state index contributed by atoms with van der Waals surface area (Å²) in [5.74, 6) is 2.86. The maximum atomic E-state index is 7.32. The predicted octanol–water partition coefficient (Wildman–Crippen LogP) is 11.3.